The molecule has 4 aliphatic heterocycles. The number of hydroxylamine groups is 1. The molecular formula is C22H40FN5O2. The van der Waals surface area contributed by atoms with E-state index in [0.717, 1.165) is 84.5 Å². The van der Waals surface area contributed by atoms with Gasteiger partial charge in [-0.3, -0.25) is 20.0 Å². The molecule has 0 aromatic heterocycles. The molecule has 0 bridgehead atoms. The Hall–Kier alpha value is -0.350. The Morgan fingerprint density at radius 2 is 1.83 bits per heavy atom. The lowest BCUT2D eigenvalue weighted by atomic mass is 9.87. The summed E-state index contributed by atoms with van der Waals surface area (Å²) in [4.78, 5) is 11.1. The van der Waals surface area contributed by atoms with E-state index in [0.29, 0.717) is 18.1 Å². The summed E-state index contributed by atoms with van der Waals surface area (Å²) in [5, 5.41) is 7.46. The standard InChI is InChI=1S/C22H40FN5O2/c23-18-5-2-1-4-17(18)15-28-9-3-6-19(28)22-25-21(26-30-22)16-7-8-24-20(14-16)27-10-12-29-13-11-27/h16-22,24-26H,1-15H2/t16?,17?,18?,19-,20?,21?,22?/m0/s1. The first-order valence-electron chi connectivity index (χ1n) is 12.4. The van der Waals surface area contributed by atoms with Gasteiger partial charge in [-0.1, -0.05) is 12.8 Å². The zero-order valence-corrected chi connectivity index (χ0v) is 18.2. The molecule has 1 saturated carbocycles. The molecule has 5 fully saturated rings. The summed E-state index contributed by atoms with van der Waals surface area (Å²) in [7, 11) is 0. The van der Waals surface area contributed by atoms with Crippen molar-refractivity contribution in [3.05, 3.63) is 0 Å². The predicted molar refractivity (Wildman–Crippen MR) is 113 cm³/mol. The molecule has 3 N–H and O–H groups in total. The molecule has 0 aromatic carbocycles. The van der Waals surface area contributed by atoms with Gasteiger partial charge in [-0.2, -0.15) is 5.48 Å². The Morgan fingerprint density at radius 1 is 0.967 bits per heavy atom. The average molecular weight is 426 g/mol. The number of ether oxygens (including phenoxy) is 1. The fourth-order valence-corrected chi connectivity index (χ4v) is 6.30. The van der Waals surface area contributed by atoms with Crippen molar-refractivity contribution in [2.45, 2.75) is 82.1 Å². The number of rotatable bonds is 5. The normalized spacial score (nSPS) is 44.5. The van der Waals surface area contributed by atoms with Crippen LogP contribution in [-0.4, -0.2) is 86.5 Å². The molecule has 4 heterocycles. The number of piperidine rings is 1. The van der Waals surface area contributed by atoms with Crippen LogP contribution in [0.4, 0.5) is 4.39 Å². The number of likely N-dealkylation sites (tertiary alicyclic amines) is 1. The Morgan fingerprint density at radius 3 is 2.70 bits per heavy atom. The van der Waals surface area contributed by atoms with Crippen molar-refractivity contribution in [2.75, 3.05) is 45.9 Å². The minimum absolute atomic E-state index is 0.0101. The first-order chi connectivity index (χ1) is 14.8. The lowest BCUT2D eigenvalue weighted by Gasteiger charge is -2.41. The maximum absolute atomic E-state index is 14.4. The van der Waals surface area contributed by atoms with Crippen molar-refractivity contribution >= 4 is 0 Å². The Labute approximate surface area is 180 Å². The highest BCUT2D eigenvalue weighted by Gasteiger charge is 2.42. The van der Waals surface area contributed by atoms with Crippen LogP contribution in [0.25, 0.3) is 0 Å². The van der Waals surface area contributed by atoms with E-state index in [2.05, 4.69) is 25.9 Å². The lowest BCUT2D eigenvalue weighted by Crippen LogP contribution is -2.57. The fraction of sp³-hybridized carbons (Fsp3) is 1.00. The van der Waals surface area contributed by atoms with Gasteiger partial charge < -0.3 is 10.1 Å². The maximum atomic E-state index is 14.4. The van der Waals surface area contributed by atoms with Crippen molar-refractivity contribution < 1.29 is 14.0 Å². The average Bonchev–Trinajstić information content (AvgIpc) is 3.46. The van der Waals surface area contributed by atoms with Gasteiger partial charge in [0.1, 0.15) is 12.4 Å². The van der Waals surface area contributed by atoms with Gasteiger partial charge in [0.15, 0.2) is 0 Å². The number of alkyl halides is 1. The minimum Gasteiger partial charge on any atom is -0.379 e. The molecule has 4 saturated heterocycles. The molecule has 0 amide bonds. The van der Waals surface area contributed by atoms with E-state index in [1.54, 1.807) is 0 Å². The van der Waals surface area contributed by atoms with Gasteiger partial charge in [-0.15, -0.1) is 0 Å². The van der Waals surface area contributed by atoms with Crippen LogP contribution in [0, 0.1) is 11.8 Å². The smallest absolute Gasteiger partial charge is 0.146 e. The Kier molecular flexibility index (Phi) is 7.21. The van der Waals surface area contributed by atoms with Crippen LogP contribution in [0.15, 0.2) is 0 Å². The van der Waals surface area contributed by atoms with Gasteiger partial charge in [0.2, 0.25) is 0 Å². The van der Waals surface area contributed by atoms with E-state index in [9.17, 15) is 4.39 Å². The lowest BCUT2D eigenvalue weighted by molar-refractivity contribution is -0.0328. The van der Waals surface area contributed by atoms with E-state index in [4.69, 9.17) is 9.57 Å². The van der Waals surface area contributed by atoms with E-state index in [1.807, 2.05) is 0 Å². The number of nitrogens with one attached hydrogen (secondary N) is 3. The van der Waals surface area contributed by atoms with Crippen molar-refractivity contribution in [1.29, 1.82) is 0 Å². The molecule has 172 valence electrons. The van der Waals surface area contributed by atoms with Crippen LogP contribution >= 0.6 is 0 Å². The predicted octanol–water partition coefficient (Wildman–Crippen LogP) is 1.41. The first kappa shape index (κ1) is 21.5. The number of nitrogens with zero attached hydrogens (tertiary/aromatic N) is 2. The summed E-state index contributed by atoms with van der Waals surface area (Å²) >= 11 is 0. The van der Waals surface area contributed by atoms with Gasteiger partial charge in [0, 0.05) is 25.6 Å². The molecule has 0 radical (unpaired) electrons. The fourth-order valence-electron chi connectivity index (χ4n) is 6.30. The highest BCUT2D eigenvalue weighted by atomic mass is 19.1. The minimum atomic E-state index is -0.616. The second kappa shape index (κ2) is 10.1. The van der Waals surface area contributed by atoms with E-state index >= 15 is 0 Å². The molecule has 6 unspecified atom stereocenters. The van der Waals surface area contributed by atoms with Crippen molar-refractivity contribution in [1.82, 2.24) is 25.9 Å². The molecule has 7 nitrogen and oxygen atoms in total. The van der Waals surface area contributed by atoms with Gasteiger partial charge in [-0.05, 0) is 57.5 Å². The third-order valence-electron chi connectivity index (χ3n) is 8.09. The second-order valence-electron chi connectivity index (χ2n) is 9.97. The molecule has 5 aliphatic rings. The SMILES string of the molecule is FC1CCCCC1CN1CCC[C@H]1C1NC(C2CCNC(N3CCOCC3)C2)NO1. The monoisotopic (exact) mass is 425 g/mol. The summed E-state index contributed by atoms with van der Waals surface area (Å²) in [6.45, 7) is 6.73. The largest absolute Gasteiger partial charge is 0.379 e. The van der Waals surface area contributed by atoms with Gasteiger partial charge >= 0.3 is 0 Å². The summed E-state index contributed by atoms with van der Waals surface area (Å²) < 4.78 is 19.9. The third kappa shape index (κ3) is 4.85. The molecule has 1 aliphatic carbocycles. The zero-order valence-electron chi connectivity index (χ0n) is 18.2. The van der Waals surface area contributed by atoms with Crippen LogP contribution in [0.5, 0.6) is 0 Å². The number of hydrogen-bond acceptors (Lipinski definition) is 7. The van der Waals surface area contributed by atoms with E-state index < -0.39 is 6.17 Å². The Balaban J connectivity index is 1.14. The number of hydrogen-bond donors (Lipinski definition) is 3. The molecule has 5 rings (SSSR count). The first-order valence-corrected chi connectivity index (χ1v) is 12.4. The van der Waals surface area contributed by atoms with Crippen LogP contribution in [0.2, 0.25) is 0 Å². The summed E-state index contributed by atoms with van der Waals surface area (Å²) in [5.41, 5.74) is 3.33. The van der Waals surface area contributed by atoms with E-state index in [1.165, 1.54) is 12.8 Å². The van der Waals surface area contributed by atoms with Crippen molar-refractivity contribution in [2.24, 2.45) is 11.8 Å². The van der Waals surface area contributed by atoms with Crippen molar-refractivity contribution in [3.63, 3.8) is 0 Å². The molecular weight excluding hydrogens is 385 g/mol. The van der Waals surface area contributed by atoms with Crippen LogP contribution in [0.1, 0.15) is 51.4 Å². The third-order valence-corrected chi connectivity index (χ3v) is 8.09. The van der Waals surface area contributed by atoms with Crippen LogP contribution < -0.4 is 16.1 Å². The van der Waals surface area contributed by atoms with E-state index in [-0.39, 0.29) is 18.3 Å². The second-order valence-corrected chi connectivity index (χ2v) is 9.97. The van der Waals surface area contributed by atoms with Gasteiger partial charge in [-0.25, -0.2) is 4.39 Å². The quantitative estimate of drug-likeness (QED) is 0.616. The Bertz CT molecular complexity index is 552. The highest BCUT2D eigenvalue weighted by Crippen LogP contribution is 2.32. The van der Waals surface area contributed by atoms with Crippen molar-refractivity contribution in [3.8, 4) is 0 Å². The highest BCUT2D eigenvalue weighted by molar-refractivity contribution is 4.93. The van der Waals surface area contributed by atoms with Crippen LogP contribution in [-0.2, 0) is 9.57 Å². The molecule has 0 spiro atoms. The topological polar surface area (TPSA) is 61.0 Å². The van der Waals surface area contributed by atoms with Crippen LogP contribution in [0.3, 0.4) is 0 Å². The van der Waals surface area contributed by atoms with Gasteiger partial charge in [0.25, 0.3) is 0 Å². The summed E-state index contributed by atoms with van der Waals surface area (Å²) in [6.07, 6.45) is 8.68. The van der Waals surface area contributed by atoms with Gasteiger partial charge in [0.05, 0.1) is 31.6 Å². The zero-order chi connectivity index (χ0) is 20.3. The summed E-state index contributed by atoms with van der Waals surface area (Å²) in [5.74, 6) is 0.760. The molecule has 30 heavy (non-hydrogen) atoms. The molecule has 0 aromatic rings. The summed E-state index contributed by atoms with van der Waals surface area (Å²) in [6, 6.07) is 0.355. The molecule has 7 atom stereocenters. The molecule has 8 heteroatoms. The number of halogens is 1. The maximum Gasteiger partial charge on any atom is 0.146 e. The number of morpholine rings is 1.